The number of carbonyl (C=O) groups is 1. The highest BCUT2D eigenvalue weighted by Gasteiger charge is 2.12. The van der Waals surface area contributed by atoms with Gasteiger partial charge < -0.3 is 0 Å². The molecule has 0 spiro atoms. The third kappa shape index (κ3) is 1.07. The molecule has 2 nitrogen and oxygen atoms in total. The smallest absolute Gasteiger partial charge is 0.227 e. The molecule has 0 saturated carbocycles. The fourth-order valence-corrected chi connectivity index (χ4v) is 1.60. The van der Waals surface area contributed by atoms with Gasteiger partial charge in [-0.2, -0.15) is 0 Å². The SMILES string of the molecule is CC(=O)n1c(C)c(C)c(C)c1C. The number of carbonyl (C=O) groups excluding carboxylic acids is 1. The first-order valence-electron chi connectivity index (χ1n) is 4.12. The average Bonchev–Trinajstić information content (AvgIpc) is 2.16. The summed E-state index contributed by atoms with van der Waals surface area (Å²) in [4.78, 5) is 11.2. The van der Waals surface area contributed by atoms with E-state index in [0.717, 1.165) is 11.4 Å². The molecule has 0 aliphatic carbocycles. The van der Waals surface area contributed by atoms with Gasteiger partial charge in [0.1, 0.15) is 0 Å². The monoisotopic (exact) mass is 165 g/mol. The van der Waals surface area contributed by atoms with Crippen molar-refractivity contribution < 1.29 is 4.79 Å². The molecule has 0 aliphatic rings. The number of hydrogen-bond acceptors (Lipinski definition) is 1. The Morgan fingerprint density at radius 3 is 1.50 bits per heavy atom. The minimum absolute atomic E-state index is 0.0983. The van der Waals surface area contributed by atoms with Crippen LogP contribution in [0.3, 0.4) is 0 Å². The van der Waals surface area contributed by atoms with Crippen molar-refractivity contribution in [2.45, 2.75) is 34.6 Å². The normalized spacial score (nSPS) is 10.4. The van der Waals surface area contributed by atoms with E-state index < -0.39 is 0 Å². The highest BCUT2D eigenvalue weighted by molar-refractivity contribution is 5.79. The molecule has 1 aromatic heterocycles. The zero-order valence-corrected chi connectivity index (χ0v) is 8.36. The molecule has 66 valence electrons. The maximum Gasteiger partial charge on any atom is 0.227 e. The van der Waals surface area contributed by atoms with Gasteiger partial charge in [-0.05, 0) is 38.8 Å². The summed E-state index contributed by atoms with van der Waals surface area (Å²) < 4.78 is 1.77. The molecule has 0 saturated heterocycles. The first kappa shape index (κ1) is 9.04. The van der Waals surface area contributed by atoms with Crippen molar-refractivity contribution in [3.05, 3.63) is 22.5 Å². The van der Waals surface area contributed by atoms with Gasteiger partial charge in [-0.15, -0.1) is 0 Å². The summed E-state index contributed by atoms with van der Waals surface area (Å²) in [7, 11) is 0. The Hall–Kier alpha value is -1.05. The Morgan fingerprint density at radius 1 is 1.00 bits per heavy atom. The Kier molecular flexibility index (Phi) is 2.09. The number of rotatable bonds is 0. The van der Waals surface area contributed by atoms with Gasteiger partial charge in [-0.25, -0.2) is 0 Å². The van der Waals surface area contributed by atoms with Crippen LogP contribution in [0.2, 0.25) is 0 Å². The maximum atomic E-state index is 11.2. The van der Waals surface area contributed by atoms with Crippen molar-refractivity contribution in [2.75, 3.05) is 0 Å². The van der Waals surface area contributed by atoms with Crippen molar-refractivity contribution in [3.8, 4) is 0 Å². The Bertz CT molecular complexity index is 309. The molecule has 0 N–H and O–H groups in total. The van der Waals surface area contributed by atoms with Crippen LogP contribution in [0.15, 0.2) is 0 Å². The summed E-state index contributed by atoms with van der Waals surface area (Å²) >= 11 is 0. The molecule has 0 radical (unpaired) electrons. The van der Waals surface area contributed by atoms with Gasteiger partial charge in [0.25, 0.3) is 0 Å². The molecule has 12 heavy (non-hydrogen) atoms. The standard InChI is InChI=1S/C10H15NO/c1-6-7(2)9(4)11(8(6)3)10(5)12/h1-5H3. The van der Waals surface area contributed by atoms with E-state index >= 15 is 0 Å². The van der Waals surface area contributed by atoms with Crippen LogP contribution >= 0.6 is 0 Å². The van der Waals surface area contributed by atoms with Crippen molar-refractivity contribution in [1.29, 1.82) is 0 Å². The second-order valence-corrected chi connectivity index (χ2v) is 3.28. The predicted octanol–water partition coefficient (Wildman–Crippen LogP) is 2.38. The van der Waals surface area contributed by atoms with E-state index in [9.17, 15) is 4.79 Å². The molecular weight excluding hydrogens is 150 g/mol. The second-order valence-electron chi connectivity index (χ2n) is 3.28. The van der Waals surface area contributed by atoms with E-state index in [2.05, 4.69) is 13.8 Å². The van der Waals surface area contributed by atoms with Crippen LogP contribution in [-0.4, -0.2) is 10.5 Å². The molecule has 0 amide bonds. The summed E-state index contributed by atoms with van der Waals surface area (Å²) in [5.41, 5.74) is 4.58. The predicted molar refractivity (Wildman–Crippen MR) is 49.7 cm³/mol. The third-order valence-electron chi connectivity index (χ3n) is 2.63. The molecule has 0 aliphatic heterocycles. The second kappa shape index (κ2) is 2.77. The molecule has 0 atom stereocenters. The Morgan fingerprint density at radius 2 is 1.33 bits per heavy atom. The van der Waals surface area contributed by atoms with Gasteiger partial charge in [0.05, 0.1) is 0 Å². The van der Waals surface area contributed by atoms with E-state index in [4.69, 9.17) is 0 Å². The minimum atomic E-state index is 0.0983. The van der Waals surface area contributed by atoms with Crippen molar-refractivity contribution in [2.24, 2.45) is 0 Å². The van der Waals surface area contributed by atoms with Gasteiger partial charge in [-0.1, -0.05) is 0 Å². The van der Waals surface area contributed by atoms with E-state index in [0.29, 0.717) is 0 Å². The van der Waals surface area contributed by atoms with Gasteiger partial charge >= 0.3 is 0 Å². The number of nitrogens with zero attached hydrogens (tertiary/aromatic N) is 1. The van der Waals surface area contributed by atoms with E-state index in [1.807, 2.05) is 13.8 Å². The lowest BCUT2D eigenvalue weighted by Gasteiger charge is -2.02. The van der Waals surface area contributed by atoms with E-state index in [1.165, 1.54) is 11.1 Å². The van der Waals surface area contributed by atoms with Crippen molar-refractivity contribution in [1.82, 2.24) is 4.57 Å². The van der Waals surface area contributed by atoms with Gasteiger partial charge in [0.2, 0.25) is 5.91 Å². The van der Waals surface area contributed by atoms with E-state index in [1.54, 1.807) is 11.5 Å². The van der Waals surface area contributed by atoms with Gasteiger partial charge in [-0.3, -0.25) is 9.36 Å². The third-order valence-corrected chi connectivity index (χ3v) is 2.63. The molecule has 1 rings (SSSR count). The highest BCUT2D eigenvalue weighted by Crippen LogP contribution is 2.19. The lowest BCUT2D eigenvalue weighted by atomic mass is 10.2. The number of aromatic nitrogens is 1. The van der Waals surface area contributed by atoms with Crippen LogP contribution in [0, 0.1) is 27.7 Å². The molecular formula is C10H15NO. The fraction of sp³-hybridized carbons (Fsp3) is 0.500. The van der Waals surface area contributed by atoms with Gasteiger partial charge in [0.15, 0.2) is 0 Å². The lowest BCUT2D eigenvalue weighted by Crippen LogP contribution is -2.09. The Labute approximate surface area is 73.2 Å². The molecule has 1 aromatic rings. The Balaban J connectivity index is 3.48. The summed E-state index contributed by atoms with van der Waals surface area (Å²) in [6, 6.07) is 0. The van der Waals surface area contributed by atoms with Crippen LogP contribution < -0.4 is 0 Å². The quantitative estimate of drug-likeness (QED) is 0.578. The van der Waals surface area contributed by atoms with Crippen molar-refractivity contribution >= 4 is 5.91 Å². The zero-order chi connectivity index (χ0) is 9.46. The van der Waals surface area contributed by atoms with Crippen LogP contribution in [-0.2, 0) is 0 Å². The molecule has 0 unspecified atom stereocenters. The fourth-order valence-electron chi connectivity index (χ4n) is 1.60. The summed E-state index contributed by atoms with van der Waals surface area (Å²) in [5.74, 6) is 0.0983. The maximum absolute atomic E-state index is 11.2. The largest absolute Gasteiger partial charge is 0.289 e. The summed E-state index contributed by atoms with van der Waals surface area (Å²) in [6.45, 7) is 9.67. The lowest BCUT2D eigenvalue weighted by molar-refractivity contribution is 0.0932. The van der Waals surface area contributed by atoms with Crippen LogP contribution in [0.4, 0.5) is 0 Å². The van der Waals surface area contributed by atoms with Crippen LogP contribution in [0.25, 0.3) is 0 Å². The minimum Gasteiger partial charge on any atom is -0.289 e. The molecule has 0 aromatic carbocycles. The van der Waals surface area contributed by atoms with Crippen LogP contribution in [0.5, 0.6) is 0 Å². The van der Waals surface area contributed by atoms with Crippen LogP contribution in [0.1, 0.15) is 34.2 Å². The highest BCUT2D eigenvalue weighted by atomic mass is 16.1. The zero-order valence-electron chi connectivity index (χ0n) is 8.36. The summed E-state index contributed by atoms with van der Waals surface area (Å²) in [6.07, 6.45) is 0. The molecule has 2 heteroatoms. The average molecular weight is 165 g/mol. The van der Waals surface area contributed by atoms with Crippen molar-refractivity contribution in [3.63, 3.8) is 0 Å². The first-order valence-corrected chi connectivity index (χ1v) is 4.12. The number of hydrogen-bond donors (Lipinski definition) is 0. The van der Waals surface area contributed by atoms with Gasteiger partial charge in [0, 0.05) is 18.3 Å². The topological polar surface area (TPSA) is 22.0 Å². The molecule has 0 bridgehead atoms. The summed E-state index contributed by atoms with van der Waals surface area (Å²) in [5, 5.41) is 0. The van der Waals surface area contributed by atoms with E-state index in [-0.39, 0.29) is 5.91 Å². The molecule has 0 fully saturated rings. The first-order chi connectivity index (χ1) is 5.46. The molecule has 1 heterocycles.